The van der Waals surface area contributed by atoms with Crippen molar-refractivity contribution in [3.8, 4) is 0 Å². The van der Waals surface area contributed by atoms with Crippen LogP contribution in [0.5, 0.6) is 0 Å². The molecule has 0 amide bonds. The Kier molecular flexibility index (Phi) is 3.09. The molecule has 5 nitrogen and oxygen atoms in total. The molecule has 0 unspecified atom stereocenters. The van der Waals surface area contributed by atoms with Crippen LogP contribution < -0.4 is 5.32 Å². The van der Waals surface area contributed by atoms with E-state index in [1.165, 1.54) is 12.1 Å². The van der Waals surface area contributed by atoms with Crippen molar-refractivity contribution in [1.29, 1.82) is 0 Å². The van der Waals surface area contributed by atoms with E-state index >= 15 is 0 Å². The minimum atomic E-state index is -0.404. The first-order chi connectivity index (χ1) is 9.74. The lowest BCUT2D eigenvalue weighted by Gasteiger charge is -2.04. The summed E-state index contributed by atoms with van der Waals surface area (Å²) in [5.74, 6) is 0. The zero-order valence-corrected chi connectivity index (χ0v) is 10.6. The lowest BCUT2D eigenvalue weighted by molar-refractivity contribution is -0.384. The van der Waals surface area contributed by atoms with Crippen LogP contribution in [0, 0.1) is 10.1 Å². The molecule has 0 radical (unpaired) electrons. The van der Waals surface area contributed by atoms with Gasteiger partial charge in [-0.15, -0.1) is 0 Å². The number of anilines is 1. The summed E-state index contributed by atoms with van der Waals surface area (Å²) in [6, 6.07) is 14.2. The molecule has 100 valence electrons. The van der Waals surface area contributed by atoms with Crippen LogP contribution in [0.2, 0.25) is 0 Å². The fourth-order valence-electron chi connectivity index (χ4n) is 2.10. The zero-order valence-electron chi connectivity index (χ0n) is 10.6. The molecule has 5 heteroatoms. The quantitative estimate of drug-likeness (QED) is 0.574. The molecule has 3 rings (SSSR count). The number of hydrogen-bond donors (Lipinski definition) is 1. The maximum atomic E-state index is 10.7. The van der Waals surface area contributed by atoms with E-state index in [-0.39, 0.29) is 5.69 Å². The van der Waals surface area contributed by atoms with Crippen LogP contribution in [0.4, 0.5) is 11.4 Å². The maximum Gasteiger partial charge on any atom is 0.271 e. The molecular weight excluding hydrogens is 256 g/mol. The summed E-state index contributed by atoms with van der Waals surface area (Å²) in [6.07, 6.45) is 1.70. The molecule has 0 spiro atoms. The molecular formula is C15H12N2O3. The van der Waals surface area contributed by atoms with Gasteiger partial charge in [0.1, 0.15) is 5.58 Å². The van der Waals surface area contributed by atoms with Crippen molar-refractivity contribution >= 4 is 22.3 Å². The molecule has 1 N–H and O–H groups in total. The van der Waals surface area contributed by atoms with Crippen molar-refractivity contribution < 1.29 is 9.34 Å². The highest BCUT2D eigenvalue weighted by atomic mass is 16.6. The molecule has 0 atom stereocenters. The van der Waals surface area contributed by atoms with E-state index in [4.69, 9.17) is 4.42 Å². The minimum absolute atomic E-state index is 0.0760. The Morgan fingerprint density at radius 3 is 2.85 bits per heavy atom. The van der Waals surface area contributed by atoms with Crippen molar-refractivity contribution in [1.82, 2.24) is 0 Å². The summed E-state index contributed by atoms with van der Waals surface area (Å²) in [5.41, 5.74) is 2.65. The Balaban J connectivity index is 1.79. The highest BCUT2D eigenvalue weighted by Gasteiger charge is 2.07. The number of hydrogen-bond acceptors (Lipinski definition) is 4. The Labute approximate surface area is 115 Å². The second-order valence-corrected chi connectivity index (χ2v) is 4.42. The Bertz CT molecular complexity index is 764. The predicted octanol–water partition coefficient (Wildman–Crippen LogP) is 3.95. The van der Waals surface area contributed by atoms with Gasteiger partial charge in [-0.3, -0.25) is 10.1 Å². The summed E-state index contributed by atoms with van der Waals surface area (Å²) in [6.45, 7) is 0.554. The highest BCUT2D eigenvalue weighted by molar-refractivity contribution is 5.81. The van der Waals surface area contributed by atoms with Crippen LogP contribution in [0.15, 0.2) is 59.2 Å². The van der Waals surface area contributed by atoms with Gasteiger partial charge in [-0.25, -0.2) is 0 Å². The number of nitro benzene ring substituents is 1. The van der Waals surface area contributed by atoms with Gasteiger partial charge in [0.15, 0.2) is 0 Å². The van der Waals surface area contributed by atoms with Gasteiger partial charge in [0.05, 0.1) is 11.2 Å². The van der Waals surface area contributed by atoms with Crippen LogP contribution in [0.25, 0.3) is 11.0 Å². The minimum Gasteiger partial charge on any atom is -0.464 e. The molecule has 20 heavy (non-hydrogen) atoms. The number of rotatable bonds is 4. The molecule has 1 aromatic heterocycles. The van der Waals surface area contributed by atoms with E-state index in [1.54, 1.807) is 18.4 Å². The van der Waals surface area contributed by atoms with Crippen LogP contribution in [0.1, 0.15) is 5.56 Å². The topological polar surface area (TPSA) is 68.3 Å². The van der Waals surface area contributed by atoms with E-state index in [0.717, 1.165) is 16.5 Å². The maximum absolute atomic E-state index is 10.7. The normalized spacial score (nSPS) is 10.6. The van der Waals surface area contributed by atoms with Crippen LogP contribution >= 0.6 is 0 Å². The van der Waals surface area contributed by atoms with Gasteiger partial charge in [0.2, 0.25) is 0 Å². The largest absolute Gasteiger partial charge is 0.464 e. The summed E-state index contributed by atoms with van der Waals surface area (Å²) < 4.78 is 5.45. The van der Waals surface area contributed by atoms with Crippen molar-refractivity contribution in [3.05, 3.63) is 70.5 Å². The fourth-order valence-corrected chi connectivity index (χ4v) is 2.10. The van der Waals surface area contributed by atoms with Gasteiger partial charge in [0, 0.05) is 35.3 Å². The van der Waals surface area contributed by atoms with Gasteiger partial charge in [0.25, 0.3) is 5.69 Å². The first-order valence-electron chi connectivity index (χ1n) is 6.17. The molecule has 0 aliphatic carbocycles. The number of fused-ring (bicyclic) bond motifs is 1. The lowest BCUT2D eigenvalue weighted by Crippen LogP contribution is -1.99. The Hall–Kier alpha value is -2.82. The molecule has 0 saturated carbocycles. The average Bonchev–Trinajstić information content (AvgIpc) is 2.89. The van der Waals surface area contributed by atoms with Gasteiger partial charge in [-0.1, -0.05) is 24.3 Å². The van der Waals surface area contributed by atoms with E-state index in [2.05, 4.69) is 5.32 Å². The van der Waals surface area contributed by atoms with Crippen LogP contribution in [-0.4, -0.2) is 4.92 Å². The molecule has 2 aromatic carbocycles. The summed E-state index contributed by atoms with van der Waals surface area (Å²) >= 11 is 0. The summed E-state index contributed by atoms with van der Waals surface area (Å²) in [5, 5.41) is 14.9. The smallest absolute Gasteiger partial charge is 0.271 e. The highest BCUT2D eigenvalue weighted by Crippen LogP contribution is 2.23. The Morgan fingerprint density at radius 2 is 2.00 bits per heavy atom. The molecule has 0 fully saturated rings. The monoisotopic (exact) mass is 268 g/mol. The third-order valence-corrected chi connectivity index (χ3v) is 3.10. The molecule has 0 aliphatic heterocycles. The number of nitrogens with one attached hydrogen (secondary N) is 1. The van der Waals surface area contributed by atoms with E-state index < -0.39 is 4.92 Å². The SMILES string of the molecule is O=[N+]([O-])c1cccc(NCc2coc3ccccc23)c1. The van der Waals surface area contributed by atoms with Crippen LogP contribution in [0.3, 0.4) is 0 Å². The van der Waals surface area contributed by atoms with E-state index in [0.29, 0.717) is 12.2 Å². The molecule has 0 saturated heterocycles. The molecule has 0 bridgehead atoms. The standard InChI is InChI=1S/C15H12N2O3/c18-17(19)13-5-3-4-12(8-13)16-9-11-10-20-15-7-2-1-6-14(11)15/h1-8,10,16H,9H2. The third-order valence-electron chi connectivity index (χ3n) is 3.10. The van der Waals surface area contributed by atoms with Crippen molar-refractivity contribution in [3.63, 3.8) is 0 Å². The molecule has 1 heterocycles. The van der Waals surface area contributed by atoms with Gasteiger partial charge >= 0.3 is 0 Å². The second kappa shape index (κ2) is 5.05. The van der Waals surface area contributed by atoms with E-state index in [1.807, 2.05) is 24.3 Å². The van der Waals surface area contributed by atoms with Crippen molar-refractivity contribution in [2.45, 2.75) is 6.54 Å². The lowest BCUT2D eigenvalue weighted by atomic mass is 10.2. The van der Waals surface area contributed by atoms with E-state index in [9.17, 15) is 10.1 Å². The number of benzene rings is 2. The number of para-hydroxylation sites is 1. The zero-order chi connectivity index (χ0) is 13.9. The number of furan rings is 1. The van der Waals surface area contributed by atoms with Crippen molar-refractivity contribution in [2.75, 3.05) is 5.32 Å². The van der Waals surface area contributed by atoms with Gasteiger partial charge < -0.3 is 9.73 Å². The first-order valence-corrected chi connectivity index (χ1v) is 6.17. The number of nitro groups is 1. The summed E-state index contributed by atoms with van der Waals surface area (Å²) in [7, 11) is 0. The van der Waals surface area contributed by atoms with Gasteiger partial charge in [-0.2, -0.15) is 0 Å². The van der Waals surface area contributed by atoms with Crippen LogP contribution in [-0.2, 0) is 6.54 Å². The molecule has 3 aromatic rings. The fraction of sp³-hybridized carbons (Fsp3) is 0.0667. The van der Waals surface area contributed by atoms with Gasteiger partial charge in [-0.05, 0) is 12.1 Å². The Morgan fingerprint density at radius 1 is 1.15 bits per heavy atom. The number of nitrogens with zero attached hydrogens (tertiary/aromatic N) is 1. The predicted molar refractivity (Wildman–Crippen MR) is 76.6 cm³/mol. The second-order valence-electron chi connectivity index (χ2n) is 4.42. The number of non-ortho nitro benzene ring substituents is 1. The average molecular weight is 268 g/mol. The van der Waals surface area contributed by atoms with Crippen molar-refractivity contribution in [2.24, 2.45) is 0 Å². The summed E-state index contributed by atoms with van der Waals surface area (Å²) in [4.78, 5) is 10.3. The third kappa shape index (κ3) is 2.33. The first kappa shape index (κ1) is 12.2. The molecule has 0 aliphatic rings.